The maximum atomic E-state index is 12.4. The van der Waals surface area contributed by atoms with Crippen LogP contribution in [0.3, 0.4) is 0 Å². The van der Waals surface area contributed by atoms with Gasteiger partial charge in [0.25, 0.3) is 0 Å². The summed E-state index contributed by atoms with van der Waals surface area (Å²) in [5.74, 6) is 1.56. The molecule has 0 bridgehead atoms. The summed E-state index contributed by atoms with van der Waals surface area (Å²) >= 11 is 0. The lowest BCUT2D eigenvalue weighted by Crippen LogP contribution is -2.14. The molecule has 0 aromatic heterocycles. The van der Waals surface area contributed by atoms with Gasteiger partial charge in [0.1, 0.15) is 0 Å². The molecule has 0 saturated heterocycles. The molecule has 0 saturated carbocycles. The highest BCUT2D eigenvalue weighted by Crippen LogP contribution is 2.41. The van der Waals surface area contributed by atoms with E-state index in [1.807, 2.05) is 12.1 Å². The zero-order valence-electron chi connectivity index (χ0n) is 14.3. The van der Waals surface area contributed by atoms with Crippen LogP contribution < -0.4 is 14.8 Å². The van der Waals surface area contributed by atoms with Gasteiger partial charge >= 0.3 is 0 Å². The molecule has 2 aromatic rings. The standard InChI is InChI=1S/C20H20N2O3/c1-24-18-9-14-5-6-15(17(14)11-19(18)25-2)10-20(23)22-16-7-3-13(12-21)4-8-16/h3-4,7-9,11,15H,5-6,10H2,1-2H3,(H,22,23). The van der Waals surface area contributed by atoms with Crippen LogP contribution in [0.4, 0.5) is 5.69 Å². The first-order valence-corrected chi connectivity index (χ1v) is 8.19. The van der Waals surface area contributed by atoms with Crippen LogP contribution in [0.5, 0.6) is 11.5 Å². The molecule has 0 heterocycles. The fourth-order valence-electron chi connectivity index (χ4n) is 3.29. The van der Waals surface area contributed by atoms with E-state index in [0.717, 1.165) is 24.2 Å². The molecule has 0 aliphatic heterocycles. The molecule has 1 unspecified atom stereocenters. The number of anilines is 1. The Kier molecular flexibility index (Phi) is 4.90. The van der Waals surface area contributed by atoms with E-state index < -0.39 is 0 Å². The van der Waals surface area contributed by atoms with E-state index in [2.05, 4.69) is 11.4 Å². The van der Waals surface area contributed by atoms with Crippen LogP contribution in [-0.2, 0) is 11.2 Å². The van der Waals surface area contributed by atoms with E-state index in [-0.39, 0.29) is 11.8 Å². The Labute approximate surface area is 147 Å². The topological polar surface area (TPSA) is 71.3 Å². The van der Waals surface area contributed by atoms with Crippen LogP contribution in [0, 0.1) is 11.3 Å². The van der Waals surface area contributed by atoms with Gasteiger partial charge in [0.15, 0.2) is 11.5 Å². The summed E-state index contributed by atoms with van der Waals surface area (Å²) in [6.45, 7) is 0. The number of hydrogen-bond donors (Lipinski definition) is 1. The Bertz CT molecular complexity index is 822. The number of ether oxygens (including phenoxy) is 2. The van der Waals surface area contributed by atoms with Gasteiger partial charge in [-0.1, -0.05) is 0 Å². The average molecular weight is 336 g/mol. The number of amides is 1. The third kappa shape index (κ3) is 3.58. The average Bonchev–Trinajstić information content (AvgIpc) is 3.02. The molecule has 3 rings (SSSR count). The van der Waals surface area contributed by atoms with E-state index in [4.69, 9.17) is 14.7 Å². The number of nitrogens with zero attached hydrogens (tertiary/aromatic N) is 1. The van der Waals surface area contributed by atoms with Crippen molar-refractivity contribution in [1.29, 1.82) is 5.26 Å². The molecular weight excluding hydrogens is 316 g/mol. The molecule has 0 spiro atoms. The molecule has 1 amide bonds. The highest BCUT2D eigenvalue weighted by molar-refractivity contribution is 5.91. The number of benzene rings is 2. The summed E-state index contributed by atoms with van der Waals surface area (Å²) in [4.78, 5) is 12.4. The SMILES string of the molecule is COc1cc2c(cc1OC)C(CC(=O)Nc1ccc(C#N)cc1)CC2. The van der Waals surface area contributed by atoms with Crippen molar-refractivity contribution in [2.45, 2.75) is 25.2 Å². The highest BCUT2D eigenvalue weighted by Gasteiger charge is 2.27. The van der Waals surface area contributed by atoms with Crippen molar-refractivity contribution in [1.82, 2.24) is 0 Å². The highest BCUT2D eigenvalue weighted by atomic mass is 16.5. The van der Waals surface area contributed by atoms with Crippen molar-refractivity contribution in [2.75, 3.05) is 19.5 Å². The lowest BCUT2D eigenvalue weighted by Gasteiger charge is -2.14. The van der Waals surface area contributed by atoms with Gasteiger partial charge in [-0.25, -0.2) is 0 Å². The summed E-state index contributed by atoms with van der Waals surface area (Å²) in [6.07, 6.45) is 2.29. The number of fused-ring (bicyclic) bond motifs is 1. The van der Waals surface area contributed by atoms with Crippen molar-refractivity contribution in [3.8, 4) is 17.6 Å². The second kappa shape index (κ2) is 7.27. The second-order valence-corrected chi connectivity index (χ2v) is 6.08. The molecule has 0 fully saturated rings. The van der Waals surface area contributed by atoms with Gasteiger partial charge in [-0.05, 0) is 66.3 Å². The molecule has 1 aliphatic rings. The predicted molar refractivity (Wildman–Crippen MR) is 95.0 cm³/mol. The molecular formula is C20H20N2O3. The molecule has 25 heavy (non-hydrogen) atoms. The minimum Gasteiger partial charge on any atom is -0.493 e. The molecule has 5 heteroatoms. The molecule has 1 N–H and O–H groups in total. The number of hydrogen-bond acceptors (Lipinski definition) is 4. The monoisotopic (exact) mass is 336 g/mol. The molecule has 1 aliphatic carbocycles. The van der Waals surface area contributed by atoms with Crippen molar-refractivity contribution in [3.05, 3.63) is 53.1 Å². The van der Waals surface area contributed by atoms with Crippen molar-refractivity contribution in [2.24, 2.45) is 0 Å². The predicted octanol–water partition coefficient (Wildman–Crippen LogP) is 3.63. The Morgan fingerprint density at radius 2 is 1.88 bits per heavy atom. The minimum absolute atomic E-state index is 0.0302. The van der Waals surface area contributed by atoms with Crippen LogP contribution in [0.2, 0.25) is 0 Å². The van der Waals surface area contributed by atoms with E-state index >= 15 is 0 Å². The molecule has 1 atom stereocenters. The maximum absolute atomic E-state index is 12.4. The lowest BCUT2D eigenvalue weighted by atomic mass is 9.97. The molecule has 5 nitrogen and oxygen atoms in total. The number of nitrogens with one attached hydrogen (secondary N) is 1. The quantitative estimate of drug-likeness (QED) is 0.905. The third-order valence-corrected chi connectivity index (χ3v) is 4.58. The van der Waals surface area contributed by atoms with Crippen LogP contribution in [0.25, 0.3) is 0 Å². The molecule has 128 valence electrons. The zero-order valence-corrected chi connectivity index (χ0v) is 14.3. The van der Waals surface area contributed by atoms with Gasteiger partial charge in [0.05, 0.1) is 25.9 Å². The van der Waals surface area contributed by atoms with E-state index in [1.165, 1.54) is 5.56 Å². The van der Waals surface area contributed by atoms with E-state index in [1.54, 1.807) is 38.5 Å². The first-order valence-electron chi connectivity index (χ1n) is 8.19. The zero-order chi connectivity index (χ0) is 17.8. The van der Waals surface area contributed by atoms with Crippen LogP contribution in [0.1, 0.15) is 35.4 Å². The van der Waals surface area contributed by atoms with Gasteiger partial charge < -0.3 is 14.8 Å². The summed E-state index contributed by atoms with van der Waals surface area (Å²) < 4.78 is 10.7. The summed E-state index contributed by atoms with van der Waals surface area (Å²) in [5.41, 5.74) is 3.65. The Balaban J connectivity index is 1.70. The minimum atomic E-state index is -0.0302. The van der Waals surface area contributed by atoms with Gasteiger partial charge in [-0.2, -0.15) is 5.26 Å². The van der Waals surface area contributed by atoms with Gasteiger partial charge in [0, 0.05) is 12.1 Å². The Hall–Kier alpha value is -3.00. The van der Waals surface area contributed by atoms with Crippen molar-refractivity contribution < 1.29 is 14.3 Å². The first kappa shape index (κ1) is 16.8. The fourth-order valence-corrected chi connectivity index (χ4v) is 3.29. The number of aryl methyl sites for hydroxylation is 1. The second-order valence-electron chi connectivity index (χ2n) is 6.08. The first-order chi connectivity index (χ1) is 12.1. The van der Waals surface area contributed by atoms with Crippen molar-refractivity contribution >= 4 is 11.6 Å². The van der Waals surface area contributed by atoms with Gasteiger partial charge in [-0.15, -0.1) is 0 Å². The summed E-state index contributed by atoms with van der Waals surface area (Å²) in [6, 6.07) is 12.9. The molecule has 0 radical (unpaired) electrons. The number of nitriles is 1. The summed E-state index contributed by atoms with van der Waals surface area (Å²) in [7, 11) is 3.24. The molecule has 2 aromatic carbocycles. The fraction of sp³-hybridized carbons (Fsp3) is 0.300. The number of methoxy groups -OCH3 is 2. The van der Waals surface area contributed by atoms with E-state index in [9.17, 15) is 4.79 Å². The Morgan fingerprint density at radius 1 is 1.20 bits per heavy atom. The normalized spacial score (nSPS) is 15.2. The van der Waals surface area contributed by atoms with Crippen LogP contribution >= 0.6 is 0 Å². The number of carbonyl (C=O) groups is 1. The van der Waals surface area contributed by atoms with E-state index in [0.29, 0.717) is 23.4 Å². The number of rotatable bonds is 5. The smallest absolute Gasteiger partial charge is 0.224 e. The number of carbonyl (C=O) groups excluding carboxylic acids is 1. The Morgan fingerprint density at radius 3 is 2.52 bits per heavy atom. The maximum Gasteiger partial charge on any atom is 0.224 e. The van der Waals surface area contributed by atoms with Gasteiger partial charge in [0.2, 0.25) is 5.91 Å². The third-order valence-electron chi connectivity index (χ3n) is 4.58. The van der Waals surface area contributed by atoms with Gasteiger partial charge in [-0.3, -0.25) is 4.79 Å². The van der Waals surface area contributed by atoms with Crippen LogP contribution in [-0.4, -0.2) is 20.1 Å². The van der Waals surface area contributed by atoms with Crippen LogP contribution in [0.15, 0.2) is 36.4 Å². The lowest BCUT2D eigenvalue weighted by molar-refractivity contribution is -0.116. The summed E-state index contributed by atoms with van der Waals surface area (Å²) in [5, 5.41) is 11.7. The van der Waals surface area contributed by atoms with Crippen molar-refractivity contribution in [3.63, 3.8) is 0 Å². The largest absolute Gasteiger partial charge is 0.493 e.